The Morgan fingerprint density at radius 3 is 2.76 bits per heavy atom. The van der Waals surface area contributed by atoms with E-state index in [2.05, 4.69) is 42.4 Å². The monoisotopic (exact) mass is 259 g/mol. The van der Waals surface area contributed by atoms with Gasteiger partial charge >= 0.3 is 0 Å². The van der Waals surface area contributed by atoms with Gasteiger partial charge in [0.15, 0.2) is 0 Å². The molecule has 1 heterocycles. The minimum absolute atomic E-state index is 0.0831. The average molecular weight is 259 g/mol. The van der Waals surface area contributed by atoms with Gasteiger partial charge in [0, 0.05) is 31.4 Å². The number of thiol groups is 1. The summed E-state index contributed by atoms with van der Waals surface area (Å²) in [6, 6.07) is 0.347. The van der Waals surface area contributed by atoms with E-state index in [0.29, 0.717) is 17.2 Å². The van der Waals surface area contributed by atoms with Crippen molar-refractivity contribution < 1.29 is 4.79 Å². The van der Waals surface area contributed by atoms with E-state index in [4.69, 9.17) is 0 Å². The fourth-order valence-electron chi connectivity index (χ4n) is 2.17. The van der Waals surface area contributed by atoms with Crippen LogP contribution in [0, 0.1) is 5.92 Å². The lowest BCUT2D eigenvalue weighted by molar-refractivity contribution is -0.123. The molecule has 1 aliphatic rings. The Bertz CT molecular complexity index is 250. The van der Waals surface area contributed by atoms with Crippen LogP contribution in [0.5, 0.6) is 0 Å². The third-order valence-corrected chi connectivity index (χ3v) is 3.92. The Kier molecular flexibility index (Phi) is 6.30. The summed E-state index contributed by atoms with van der Waals surface area (Å²) in [6.07, 6.45) is 2.06. The topological polar surface area (TPSA) is 53.2 Å². The number of carbonyl (C=O) groups excluding carboxylic acids is 1. The summed E-state index contributed by atoms with van der Waals surface area (Å²) >= 11 is 4.44. The molecule has 1 rings (SSSR count). The highest BCUT2D eigenvalue weighted by Gasteiger charge is 2.26. The molecule has 1 amide bonds. The zero-order valence-corrected chi connectivity index (χ0v) is 11.9. The van der Waals surface area contributed by atoms with Gasteiger partial charge in [-0.25, -0.2) is 0 Å². The Balaban J connectivity index is 2.41. The lowest BCUT2D eigenvalue weighted by Crippen LogP contribution is -2.50. The van der Waals surface area contributed by atoms with Crippen LogP contribution >= 0.6 is 12.6 Å². The van der Waals surface area contributed by atoms with Gasteiger partial charge in [-0.2, -0.15) is 12.6 Å². The summed E-state index contributed by atoms with van der Waals surface area (Å²) in [5.41, 5.74) is 0. The van der Waals surface area contributed by atoms with Crippen LogP contribution in [0.4, 0.5) is 0 Å². The normalized spacial score (nSPS) is 27.8. The molecule has 5 heteroatoms. The molecule has 17 heavy (non-hydrogen) atoms. The van der Waals surface area contributed by atoms with Crippen LogP contribution in [0.2, 0.25) is 0 Å². The van der Waals surface area contributed by atoms with Gasteiger partial charge in [0.25, 0.3) is 0 Å². The third-order valence-electron chi connectivity index (χ3n) is 3.52. The van der Waals surface area contributed by atoms with Crippen LogP contribution in [0.3, 0.4) is 0 Å². The second kappa shape index (κ2) is 7.24. The first-order chi connectivity index (χ1) is 8.08. The van der Waals surface area contributed by atoms with Gasteiger partial charge in [0.2, 0.25) is 5.91 Å². The van der Waals surface area contributed by atoms with Gasteiger partial charge in [0.05, 0.1) is 6.04 Å². The second-order valence-electron chi connectivity index (χ2n) is 4.88. The van der Waals surface area contributed by atoms with Crippen molar-refractivity contribution in [1.82, 2.24) is 16.0 Å². The molecule has 100 valence electrons. The van der Waals surface area contributed by atoms with Crippen LogP contribution in [-0.2, 0) is 4.79 Å². The predicted molar refractivity (Wildman–Crippen MR) is 74.5 cm³/mol. The maximum atomic E-state index is 11.8. The molecule has 1 fully saturated rings. The van der Waals surface area contributed by atoms with E-state index >= 15 is 0 Å². The molecule has 3 N–H and O–H groups in total. The molecule has 4 nitrogen and oxygen atoms in total. The molecule has 0 spiro atoms. The number of hydrogen-bond donors (Lipinski definition) is 4. The number of nitrogens with one attached hydrogen (secondary N) is 3. The Hall–Kier alpha value is -0.260. The van der Waals surface area contributed by atoms with E-state index in [1.165, 1.54) is 0 Å². The highest BCUT2D eigenvalue weighted by molar-refractivity contribution is 7.81. The first kappa shape index (κ1) is 14.8. The van der Waals surface area contributed by atoms with Crippen LogP contribution < -0.4 is 16.0 Å². The quantitative estimate of drug-likeness (QED) is 0.522. The zero-order chi connectivity index (χ0) is 12.8. The fraction of sp³-hybridized carbons (Fsp3) is 0.917. The zero-order valence-electron chi connectivity index (χ0n) is 11.0. The summed E-state index contributed by atoms with van der Waals surface area (Å²) in [5, 5.41) is 9.96. The molecule has 0 aliphatic carbocycles. The molecular weight excluding hydrogens is 234 g/mol. The van der Waals surface area contributed by atoms with Crippen molar-refractivity contribution in [3.63, 3.8) is 0 Å². The van der Waals surface area contributed by atoms with E-state index in [9.17, 15) is 4.79 Å². The van der Waals surface area contributed by atoms with E-state index in [0.717, 1.165) is 25.9 Å². The Labute approximate surface area is 110 Å². The molecule has 0 aromatic carbocycles. The van der Waals surface area contributed by atoms with Crippen molar-refractivity contribution in [2.75, 3.05) is 20.1 Å². The Morgan fingerprint density at radius 2 is 2.29 bits per heavy atom. The van der Waals surface area contributed by atoms with Crippen LogP contribution in [0.15, 0.2) is 0 Å². The lowest BCUT2D eigenvalue weighted by Gasteiger charge is -2.24. The van der Waals surface area contributed by atoms with Crippen molar-refractivity contribution in [2.45, 2.75) is 44.0 Å². The van der Waals surface area contributed by atoms with Gasteiger partial charge in [-0.05, 0) is 12.3 Å². The summed E-state index contributed by atoms with van der Waals surface area (Å²) in [7, 11) is 1.69. The molecule has 0 saturated carbocycles. The summed E-state index contributed by atoms with van der Waals surface area (Å²) in [4.78, 5) is 11.8. The SMILES string of the molecule is CCC(C)[C@H](NCC1CC(S)CN1)C(=O)NC. The van der Waals surface area contributed by atoms with E-state index in [1.54, 1.807) is 7.05 Å². The summed E-state index contributed by atoms with van der Waals surface area (Å²) < 4.78 is 0. The fourth-order valence-corrected chi connectivity index (χ4v) is 2.53. The van der Waals surface area contributed by atoms with Crippen molar-refractivity contribution >= 4 is 18.5 Å². The van der Waals surface area contributed by atoms with Crippen LogP contribution in [0.25, 0.3) is 0 Å². The first-order valence-electron chi connectivity index (χ1n) is 6.44. The summed E-state index contributed by atoms with van der Waals surface area (Å²) in [5.74, 6) is 0.433. The van der Waals surface area contributed by atoms with Gasteiger partial charge in [0.1, 0.15) is 0 Å². The standard InChI is InChI=1S/C12H25N3OS/c1-4-8(2)11(12(16)13-3)15-6-9-5-10(17)7-14-9/h8-11,14-15,17H,4-7H2,1-3H3,(H,13,16)/t8?,9?,10?,11-/m0/s1. The first-order valence-corrected chi connectivity index (χ1v) is 6.96. The third kappa shape index (κ3) is 4.48. The Morgan fingerprint density at radius 1 is 1.59 bits per heavy atom. The molecule has 3 unspecified atom stereocenters. The number of carbonyl (C=O) groups is 1. The largest absolute Gasteiger partial charge is 0.358 e. The summed E-state index contributed by atoms with van der Waals surface area (Å²) in [6.45, 7) is 6.01. The van der Waals surface area contributed by atoms with Gasteiger partial charge in [-0.1, -0.05) is 20.3 Å². The molecule has 0 radical (unpaired) electrons. The minimum atomic E-state index is -0.0919. The lowest BCUT2D eigenvalue weighted by atomic mass is 9.98. The van der Waals surface area contributed by atoms with E-state index in [1.807, 2.05) is 0 Å². The second-order valence-corrected chi connectivity index (χ2v) is 5.61. The van der Waals surface area contributed by atoms with Gasteiger partial charge < -0.3 is 16.0 Å². The van der Waals surface area contributed by atoms with Crippen LogP contribution in [0.1, 0.15) is 26.7 Å². The predicted octanol–water partition coefficient (Wildman–Crippen LogP) is 0.397. The van der Waals surface area contributed by atoms with Gasteiger partial charge in [-0.15, -0.1) is 0 Å². The maximum Gasteiger partial charge on any atom is 0.237 e. The molecular formula is C12H25N3OS. The highest BCUT2D eigenvalue weighted by atomic mass is 32.1. The molecule has 1 aliphatic heterocycles. The molecule has 1 saturated heterocycles. The molecule has 0 aromatic heterocycles. The van der Waals surface area contributed by atoms with Crippen molar-refractivity contribution in [3.05, 3.63) is 0 Å². The van der Waals surface area contributed by atoms with Crippen LogP contribution in [-0.4, -0.2) is 43.4 Å². The highest BCUT2D eigenvalue weighted by Crippen LogP contribution is 2.13. The van der Waals surface area contributed by atoms with Crippen molar-refractivity contribution in [1.29, 1.82) is 0 Å². The number of hydrogen-bond acceptors (Lipinski definition) is 4. The average Bonchev–Trinajstić information content (AvgIpc) is 2.74. The smallest absolute Gasteiger partial charge is 0.237 e. The van der Waals surface area contributed by atoms with Crippen molar-refractivity contribution in [3.8, 4) is 0 Å². The van der Waals surface area contributed by atoms with E-state index < -0.39 is 0 Å². The van der Waals surface area contributed by atoms with E-state index in [-0.39, 0.29) is 11.9 Å². The minimum Gasteiger partial charge on any atom is -0.358 e. The number of likely N-dealkylation sites (N-methyl/N-ethyl adjacent to an activating group) is 1. The molecule has 4 atom stereocenters. The maximum absolute atomic E-state index is 11.8. The number of rotatable bonds is 6. The van der Waals surface area contributed by atoms with Crippen molar-refractivity contribution in [2.24, 2.45) is 5.92 Å². The number of amides is 1. The molecule has 0 aromatic rings. The molecule has 0 bridgehead atoms. The van der Waals surface area contributed by atoms with Gasteiger partial charge in [-0.3, -0.25) is 4.79 Å².